The molecule has 0 heterocycles. The van der Waals surface area contributed by atoms with Gasteiger partial charge in [-0.1, -0.05) is 42.5 Å². The fourth-order valence-electron chi connectivity index (χ4n) is 2.10. The van der Waals surface area contributed by atoms with Crippen LogP contribution in [-0.2, 0) is 16.4 Å². The van der Waals surface area contributed by atoms with Gasteiger partial charge in [-0.25, -0.2) is 13.1 Å². The lowest BCUT2D eigenvalue weighted by atomic mass is 10.1. The van der Waals surface area contributed by atoms with E-state index in [1.807, 2.05) is 30.3 Å². The normalized spacial score (nSPS) is 12.1. The minimum atomic E-state index is -4.96. The summed E-state index contributed by atoms with van der Waals surface area (Å²) in [5, 5.41) is 0. The van der Waals surface area contributed by atoms with E-state index in [9.17, 15) is 21.6 Å². The van der Waals surface area contributed by atoms with Gasteiger partial charge in [-0.2, -0.15) is 0 Å². The fourth-order valence-corrected chi connectivity index (χ4v) is 3.30. The van der Waals surface area contributed by atoms with E-state index in [0.29, 0.717) is 12.8 Å². The van der Waals surface area contributed by atoms with Crippen molar-refractivity contribution in [3.8, 4) is 5.75 Å². The van der Waals surface area contributed by atoms with E-state index in [1.165, 1.54) is 12.1 Å². The van der Waals surface area contributed by atoms with E-state index in [4.69, 9.17) is 0 Å². The number of hydrogen-bond acceptors (Lipinski definition) is 3. The summed E-state index contributed by atoms with van der Waals surface area (Å²) in [6.07, 6.45) is -3.78. The zero-order valence-corrected chi connectivity index (χ0v) is 13.4. The van der Waals surface area contributed by atoms with Gasteiger partial charge in [0.25, 0.3) is 0 Å². The van der Waals surface area contributed by atoms with Gasteiger partial charge in [-0.05, 0) is 30.5 Å². The maximum Gasteiger partial charge on any atom is 0.573 e. The molecule has 0 radical (unpaired) electrons. The molecule has 2 aromatic carbocycles. The van der Waals surface area contributed by atoms with Crippen molar-refractivity contribution >= 4 is 10.0 Å². The van der Waals surface area contributed by atoms with E-state index in [-0.39, 0.29) is 6.54 Å². The number of alkyl halides is 3. The van der Waals surface area contributed by atoms with Crippen LogP contribution < -0.4 is 9.46 Å². The third kappa shape index (κ3) is 5.54. The second kappa shape index (κ2) is 7.67. The second-order valence-corrected chi connectivity index (χ2v) is 6.72. The number of hydrogen-bond donors (Lipinski definition) is 1. The van der Waals surface area contributed by atoms with Crippen LogP contribution in [0.4, 0.5) is 13.2 Å². The monoisotopic (exact) mass is 359 g/mol. The number of ether oxygens (including phenoxy) is 1. The predicted octanol–water partition coefficient (Wildman–Crippen LogP) is 3.50. The van der Waals surface area contributed by atoms with Gasteiger partial charge < -0.3 is 4.74 Å². The highest BCUT2D eigenvalue weighted by Crippen LogP contribution is 2.29. The summed E-state index contributed by atoms with van der Waals surface area (Å²) in [7, 11) is -4.09. The molecule has 0 aromatic heterocycles. The van der Waals surface area contributed by atoms with Crippen molar-refractivity contribution < 1.29 is 26.3 Å². The van der Waals surface area contributed by atoms with Gasteiger partial charge in [0.05, 0.1) is 0 Å². The van der Waals surface area contributed by atoms with Crippen LogP contribution in [0, 0.1) is 0 Å². The van der Waals surface area contributed by atoms with Crippen molar-refractivity contribution in [3.63, 3.8) is 0 Å². The van der Waals surface area contributed by atoms with E-state index >= 15 is 0 Å². The highest BCUT2D eigenvalue weighted by molar-refractivity contribution is 7.89. The molecule has 8 heteroatoms. The first kappa shape index (κ1) is 18.3. The molecule has 0 aliphatic heterocycles. The average Bonchev–Trinajstić information content (AvgIpc) is 2.51. The van der Waals surface area contributed by atoms with Gasteiger partial charge in [-0.3, -0.25) is 0 Å². The molecule has 0 fully saturated rings. The average molecular weight is 359 g/mol. The molecule has 0 aliphatic carbocycles. The smallest absolute Gasteiger partial charge is 0.404 e. The Morgan fingerprint density at radius 3 is 2.25 bits per heavy atom. The van der Waals surface area contributed by atoms with Crippen molar-refractivity contribution in [1.82, 2.24) is 4.72 Å². The van der Waals surface area contributed by atoms with Crippen molar-refractivity contribution in [1.29, 1.82) is 0 Å². The van der Waals surface area contributed by atoms with Crippen LogP contribution in [0.1, 0.15) is 12.0 Å². The van der Waals surface area contributed by atoms with Crippen molar-refractivity contribution in [2.24, 2.45) is 0 Å². The Bertz CT molecular complexity index is 762. The Balaban J connectivity index is 2.00. The first-order chi connectivity index (χ1) is 11.3. The number of sulfonamides is 1. The summed E-state index contributed by atoms with van der Waals surface area (Å²) in [6, 6.07) is 14.1. The van der Waals surface area contributed by atoms with Crippen LogP contribution in [0.15, 0.2) is 59.5 Å². The topological polar surface area (TPSA) is 55.4 Å². The number of nitrogens with one attached hydrogen (secondary N) is 1. The summed E-state index contributed by atoms with van der Waals surface area (Å²) >= 11 is 0. The van der Waals surface area contributed by atoms with Crippen LogP contribution in [-0.4, -0.2) is 21.3 Å². The van der Waals surface area contributed by atoms with Gasteiger partial charge >= 0.3 is 6.36 Å². The lowest BCUT2D eigenvalue weighted by Crippen LogP contribution is -2.27. The van der Waals surface area contributed by atoms with Crippen molar-refractivity contribution in [2.45, 2.75) is 24.1 Å². The minimum Gasteiger partial charge on any atom is -0.404 e. The van der Waals surface area contributed by atoms with Crippen molar-refractivity contribution in [2.75, 3.05) is 6.54 Å². The molecule has 1 N–H and O–H groups in total. The van der Waals surface area contributed by atoms with Gasteiger partial charge in [-0.15, -0.1) is 13.2 Å². The minimum absolute atomic E-state index is 0.109. The zero-order valence-electron chi connectivity index (χ0n) is 12.6. The largest absolute Gasteiger partial charge is 0.573 e. The summed E-state index contributed by atoms with van der Waals surface area (Å²) < 4.78 is 67.6. The lowest BCUT2D eigenvalue weighted by Gasteiger charge is -2.13. The molecule has 0 amide bonds. The molecule has 4 nitrogen and oxygen atoms in total. The SMILES string of the molecule is O=S(=O)(NCCCc1ccccc1)c1ccccc1OC(F)(F)F. The van der Waals surface area contributed by atoms with Crippen LogP contribution in [0.3, 0.4) is 0 Å². The molecular weight excluding hydrogens is 343 g/mol. The molecule has 24 heavy (non-hydrogen) atoms. The first-order valence-corrected chi connectivity index (χ1v) is 8.65. The van der Waals surface area contributed by atoms with Crippen LogP contribution in [0.5, 0.6) is 5.75 Å². The summed E-state index contributed by atoms with van der Waals surface area (Å²) in [4.78, 5) is -0.540. The summed E-state index contributed by atoms with van der Waals surface area (Å²) in [5.41, 5.74) is 1.05. The maximum atomic E-state index is 12.4. The van der Waals surface area contributed by atoms with E-state index in [1.54, 1.807) is 0 Å². The Morgan fingerprint density at radius 2 is 1.58 bits per heavy atom. The second-order valence-electron chi connectivity index (χ2n) is 4.98. The van der Waals surface area contributed by atoms with Gasteiger partial charge in [0.1, 0.15) is 10.6 Å². The highest BCUT2D eigenvalue weighted by Gasteiger charge is 2.33. The quantitative estimate of drug-likeness (QED) is 0.770. The van der Waals surface area contributed by atoms with E-state index in [2.05, 4.69) is 9.46 Å². The Labute approximate surface area is 138 Å². The molecule has 0 atom stereocenters. The molecule has 0 aliphatic rings. The van der Waals surface area contributed by atoms with Gasteiger partial charge in [0.2, 0.25) is 10.0 Å². The summed E-state index contributed by atoms with van der Waals surface area (Å²) in [6.45, 7) is 0.109. The molecule has 0 bridgehead atoms. The number of para-hydroxylation sites is 1. The number of benzene rings is 2. The van der Waals surface area contributed by atoms with Crippen LogP contribution >= 0.6 is 0 Å². The lowest BCUT2D eigenvalue weighted by molar-refractivity contribution is -0.275. The standard InChI is InChI=1S/C16H16F3NO3S/c17-16(18,19)23-14-10-4-5-11-15(14)24(21,22)20-12-6-9-13-7-2-1-3-8-13/h1-5,7-8,10-11,20H,6,9,12H2. The molecule has 130 valence electrons. The molecule has 2 aromatic rings. The number of aryl methyl sites for hydroxylation is 1. The van der Waals surface area contributed by atoms with Gasteiger partial charge in [0, 0.05) is 6.54 Å². The number of halogens is 3. The Kier molecular flexibility index (Phi) is 5.84. The zero-order chi connectivity index (χ0) is 17.6. The number of rotatable bonds is 7. The Morgan fingerprint density at radius 1 is 0.958 bits per heavy atom. The summed E-state index contributed by atoms with van der Waals surface area (Å²) in [5.74, 6) is -0.749. The molecule has 0 saturated carbocycles. The van der Waals surface area contributed by atoms with Gasteiger partial charge in [0.15, 0.2) is 0 Å². The third-order valence-corrected chi connectivity index (χ3v) is 4.64. The van der Waals surface area contributed by atoms with Crippen LogP contribution in [0.2, 0.25) is 0 Å². The van der Waals surface area contributed by atoms with Crippen molar-refractivity contribution in [3.05, 3.63) is 60.2 Å². The molecule has 2 rings (SSSR count). The third-order valence-electron chi connectivity index (χ3n) is 3.14. The first-order valence-electron chi connectivity index (χ1n) is 7.16. The van der Waals surface area contributed by atoms with E-state index in [0.717, 1.165) is 17.7 Å². The van der Waals surface area contributed by atoms with E-state index < -0.39 is 27.0 Å². The molecule has 0 saturated heterocycles. The highest BCUT2D eigenvalue weighted by atomic mass is 32.2. The predicted molar refractivity (Wildman–Crippen MR) is 83.1 cm³/mol. The molecule has 0 spiro atoms. The molecular formula is C16H16F3NO3S. The Hall–Kier alpha value is -2.06. The van der Waals surface area contributed by atoms with Crippen LogP contribution in [0.25, 0.3) is 0 Å². The molecule has 0 unspecified atom stereocenters. The fraction of sp³-hybridized carbons (Fsp3) is 0.250. The maximum absolute atomic E-state index is 12.4.